The average molecular weight is 782 g/mol. The highest BCUT2D eigenvalue weighted by Gasteiger charge is 2.76. The first-order valence-corrected chi connectivity index (χ1v) is 17.5. The first-order chi connectivity index (χ1) is 25.8. The van der Waals surface area contributed by atoms with Crippen molar-refractivity contribution in [3.05, 3.63) is 115 Å². The summed E-state index contributed by atoms with van der Waals surface area (Å²) in [7, 11) is 4.51. The second-order valence-corrected chi connectivity index (χ2v) is 14.5. The van der Waals surface area contributed by atoms with Crippen LogP contribution >= 0.6 is 23.2 Å². The van der Waals surface area contributed by atoms with Gasteiger partial charge in [0.2, 0.25) is 0 Å². The Bertz CT molecular complexity index is 2630. The van der Waals surface area contributed by atoms with Gasteiger partial charge in [-0.1, -0.05) is 6.08 Å². The number of allylic oxidation sites excluding steroid dienone is 2. The normalized spacial score (nSPS) is 23.3. The molecule has 5 aromatic rings. The van der Waals surface area contributed by atoms with Gasteiger partial charge in [0.1, 0.15) is 29.6 Å². The molecule has 4 atom stereocenters. The van der Waals surface area contributed by atoms with Crippen molar-refractivity contribution in [3.8, 4) is 11.5 Å². The highest BCUT2D eigenvalue weighted by Crippen LogP contribution is 2.64. The predicted molar refractivity (Wildman–Crippen MR) is 192 cm³/mol. The van der Waals surface area contributed by atoms with E-state index in [1.165, 1.54) is 52.4 Å². The van der Waals surface area contributed by atoms with Crippen molar-refractivity contribution in [2.24, 2.45) is 7.05 Å². The molecule has 5 heterocycles. The number of nitrogens with zero attached hydrogens (tertiary/aromatic N) is 6. The van der Waals surface area contributed by atoms with E-state index in [0.717, 1.165) is 21.6 Å². The van der Waals surface area contributed by atoms with Crippen LogP contribution in [0.5, 0.6) is 11.5 Å². The third kappa shape index (κ3) is 4.82. The molecule has 4 unspecified atom stereocenters. The number of rotatable bonds is 8. The number of halogens is 3. The lowest BCUT2D eigenvalue weighted by Gasteiger charge is -2.48. The number of fused-ring (bicyclic) bond motifs is 5. The van der Waals surface area contributed by atoms with E-state index >= 15 is 0 Å². The number of aliphatic hydroxyl groups is 1. The van der Waals surface area contributed by atoms with Gasteiger partial charge in [-0.25, -0.2) is 37.8 Å². The number of alkyl halides is 2. The zero-order valence-corrected chi connectivity index (χ0v) is 30.4. The van der Waals surface area contributed by atoms with Crippen molar-refractivity contribution < 1.29 is 33.0 Å². The fraction of sp³-hybridized carbons (Fsp3) is 0.333. The number of amides is 2. The second-order valence-electron chi connectivity index (χ2n) is 13.3. The number of aryl methyl sites for hydroxylation is 2. The van der Waals surface area contributed by atoms with Gasteiger partial charge in [0.05, 0.1) is 49.4 Å². The number of carbonyl (C=O) groups excluding carboxylic acids is 2. The SMILES string of the molecule is COc1cc2nc(CCn3c(=O)n4n(c3=O)C3CC5(Cl)C(=O)N(c6ccc(F)cc6)C(=O)C5(Cl)C(c5ccc(CO)o5)C3=CC4)c(=O)n(C)c2cc1OC. The predicted octanol–water partition coefficient (Wildman–Crippen LogP) is 2.74. The molecule has 18 heteroatoms. The van der Waals surface area contributed by atoms with Crippen LogP contribution in [0.2, 0.25) is 0 Å². The monoisotopic (exact) mass is 780 g/mol. The number of aromatic nitrogens is 5. The highest BCUT2D eigenvalue weighted by atomic mass is 35.5. The van der Waals surface area contributed by atoms with Gasteiger partial charge in [0.15, 0.2) is 21.2 Å². The topological polar surface area (TPSA) is 173 Å². The molecule has 2 amide bonds. The lowest BCUT2D eigenvalue weighted by molar-refractivity contribution is -0.122. The quantitative estimate of drug-likeness (QED) is 0.140. The van der Waals surface area contributed by atoms with E-state index in [0.29, 0.717) is 28.1 Å². The molecule has 2 aromatic carbocycles. The van der Waals surface area contributed by atoms with Crippen molar-refractivity contribution in [2.75, 3.05) is 19.1 Å². The molecule has 2 aliphatic heterocycles. The maximum atomic E-state index is 14.4. The molecule has 1 N–H and O–H groups in total. The van der Waals surface area contributed by atoms with Crippen LogP contribution < -0.4 is 31.3 Å². The van der Waals surface area contributed by atoms with E-state index in [9.17, 15) is 33.5 Å². The number of carbonyl (C=O) groups is 2. The van der Waals surface area contributed by atoms with Crippen LogP contribution in [0.25, 0.3) is 11.0 Å². The molecule has 1 saturated heterocycles. The van der Waals surface area contributed by atoms with Gasteiger partial charge in [-0.05, 0) is 42.0 Å². The summed E-state index contributed by atoms with van der Waals surface area (Å²) in [6.45, 7) is -0.832. The number of ether oxygens (including phenoxy) is 2. The molecule has 2 fully saturated rings. The van der Waals surface area contributed by atoms with Gasteiger partial charge in [0, 0.05) is 38.6 Å². The summed E-state index contributed by atoms with van der Waals surface area (Å²) in [5.74, 6) is -2.62. The summed E-state index contributed by atoms with van der Waals surface area (Å²) >= 11 is 14.6. The van der Waals surface area contributed by atoms with Crippen molar-refractivity contribution in [3.63, 3.8) is 0 Å². The molecular formula is C36H31Cl2FN6O9. The van der Waals surface area contributed by atoms with Gasteiger partial charge in [-0.2, -0.15) is 0 Å². The van der Waals surface area contributed by atoms with Crippen LogP contribution in [-0.2, 0) is 42.8 Å². The van der Waals surface area contributed by atoms with E-state index in [2.05, 4.69) is 4.98 Å². The maximum absolute atomic E-state index is 14.4. The Labute approximate surface area is 313 Å². The molecule has 1 aliphatic carbocycles. The van der Waals surface area contributed by atoms with Crippen molar-refractivity contribution in [1.82, 2.24) is 23.5 Å². The molecule has 0 radical (unpaired) electrons. The summed E-state index contributed by atoms with van der Waals surface area (Å²) in [5.41, 5.74) is -0.480. The zero-order valence-electron chi connectivity index (χ0n) is 28.9. The van der Waals surface area contributed by atoms with Crippen LogP contribution in [-0.4, -0.2) is 64.4 Å². The van der Waals surface area contributed by atoms with E-state index in [4.69, 9.17) is 37.1 Å². The average Bonchev–Trinajstić information content (AvgIpc) is 3.78. The molecule has 15 nitrogen and oxygen atoms in total. The number of furan rings is 1. The fourth-order valence-electron chi connectivity index (χ4n) is 7.94. The Balaban J connectivity index is 1.21. The second kappa shape index (κ2) is 12.6. The van der Waals surface area contributed by atoms with Crippen molar-refractivity contribution in [2.45, 2.75) is 54.2 Å². The smallest absolute Gasteiger partial charge is 0.347 e. The van der Waals surface area contributed by atoms with E-state index in [1.807, 2.05) is 0 Å². The Morgan fingerprint density at radius 1 is 0.981 bits per heavy atom. The van der Waals surface area contributed by atoms with Gasteiger partial charge in [-0.15, -0.1) is 23.2 Å². The number of hydrogen-bond donors (Lipinski definition) is 1. The van der Waals surface area contributed by atoms with Gasteiger partial charge in [0.25, 0.3) is 17.4 Å². The van der Waals surface area contributed by atoms with Crippen LogP contribution in [0.3, 0.4) is 0 Å². The van der Waals surface area contributed by atoms with E-state index < -0.39 is 69.3 Å². The van der Waals surface area contributed by atoms with Crippen LogP contribution in [0.4, 0.5) is 10.1 Å². The largest absolute Gasteiger partial charge is 0.493 e. The number of imide groups is 1. The molecule has 3 aromatic heterocycles. The van der Waals surface area contributed by atoms with Gasteiger partial charge >= 0.3 is 11.4 Å². The molecule has 1 saturated carbocycles. The Morgan fingerprint density at radius 3 is 2.35 bits per heavy atom. The summed E-state index contributed by atoms with van der Waals surface area (Å²) in [5, 5.41) is 9.80. The number of aliphatic hydroxyl groups excluding tert-OH is 1. The molecule has 54 heavy (non-hydrogen) atoms. The molecule has 280 valence electrons. The first-order valence-electron chi connectivity index (χ1n) is 16.7. The summed E-state index contributed by atoms with van der Waals surface area (Å²) < 4.78 is 35.3. The molecule has 0 spiro atoms. The minimum Gasteiger partial charge on any atom is -0.493 e. The minimum absolute atomic E-state index is 0.0262. The summed E-state index contributed by atoms with van der Waals surface area (Å²) in [6.07, 6.45) is 1.16. The number of methoxy groups -OCH3 is 2. The third-order valence-electron chi connectivity index (χ3n) is 10.6. The van der Waals surface area contributed by atoms with Crippen LogP contribution in [0.15, 0.2) is 79.0 Å². The molecule has 0 bridgehead atoms. The Morgan fingerprint density at radius 2 is 1.69 bits per heavy atom. The first kappa shape index (κ1) is 35.6. The zero-order chi connectivity index (χ0) is 38.4. The third-order valence-corrected chi connectivity index (χ3v) is 12.0. The van der Waals surface area contributed by atoms with E-state index in [1.54, 1.807) is 25.3 Å². The number of anilines is 1. The molecule has 8 rings (SSSR count). The van der Waals surface area contributed by atoms with Crippen LogP contribution in [0, 0.1) is 5.82 Å². The Kier molecular flexibility index (Phi) is 8.28. The molecule has 3 aliphatic rings. The molecular weight excluding hydrogens is 750 g/mol. The Hall–Kier alpha value is -5.45. The highest BCUT2D eigenvalue weighted by molar-refractivity contribution is 6.58. The summed E-state index contributed by atoms with van der Waals surface area (Å²) in [4.78, 5) is 71.2. The maximum Gasteiger partial charge on any atom is 0.347 e. The van der Waals surface area contributed by atoms with Crippen molar-refractivity contribution in [1.29, 1.82) is 0 Å². The van der Waals surface area contributed by atoms with Crippen LogP contribution in [0.1, 0.15) is 35.6 Å². The number of benzene rings is 2. The fourth-order valence-corrected chi connectivity index (χ4v) is 8.83. The van der Waals surface area contributed by atoms with Crippen molar-refractivity contribution >= 4 is 51.7 Å². The van der Waals surface area contributed by atoms with E-state index in [-0.39, 0.29) is 42.4 Å². The minimum atomic E-state index is -2.21. The van der Waals surface area contributed by atoms with Gasteiger partial charge in [-0.3, -0.25) is 14.4 Å². The lowest BCUT2D eigenvalue weighted by atomic mass is 9.65. The summed E-state index contributed by atoms with van der Waals surface area (Å²) in [6, 6.07) is 9.80. The van der Waals surface area contributed by atoms with Gasteiger partial charge < -0.3 is 23.6 Å². The number of hydrogen-bond acceptors (Lipinski definition) is 10. The standard InChI is InChI=1S/C36H31Cl2FN6O9/c1-41-24-15-28(53-3)27(52-2)14-23(24)40-22(30(41)47)11-12-42-33(50)43-13-10-21-25(45(43)34(42)51)16-35(37)31(48)44(19-6-4-18(39)5-7-19)32(49)36(35,38)29(21)26-9-8-20(17-46)54-26/h4-10,14-15,25,29,46H,11-13,16-17H2,1-3H3. The lowest BCUT2D eigenvalue weighted by Crippen LogP contribution is -2.59.